The Bertz CT molecular complexity index is 221. The number of aliphatic hydroxyl groups excluding tert-OH is 2. The monoisotopic (exact) mass is 232 g/mol. The molecule has 0 saturated heterocycles. The molecule has 0 radical (unpaired) electrons. The Morgan fingerprint density at radius 1 is 1.44 bits per heavy atom. The van der Waals surface area contributed by atoms with Crippen molar-refractivity contribution in [1.29, 1.82) is 0 Å². The normalized spacial score (nSPS) is 19.4. The molecule has 0 aromatic heterocycles. The van der Waals surface area contributed by atoms with Gasteiger partial charge >= 0.3 is 0 Å². The fraction of sp³-hybridized carbons (Fsp3) is 0.900. The number of hydrogen-bond donors (Lipinski definition) is 4. The second kappa shape index (κ2) is 6.80. The zero-order valence-electron chi connectivity index (χ0n) is 9.26. The lowest BCUT2D eigenvalue weighted by Crippen LogP contribution is -2.41. The summed E-state index contributed by atoms with van der Waals surface area (Å²) < 4.78 is 5.28. The molecule has 1 saturated carbocycles. The molecule has 1 aliphatic carbocycles. The Morgan fingerprint density at radius 2 is 2.12 bits per heavy atom. The van der Waals surface area contributed by atoms with Crippen molar-refractivity contribution in [1.82, 2.24) is 5.32 Å². The number of primary amides is 1. The minimum absolute atomic E-state index is 0.0506. The molecule has 0 aliphatic heterocycles. The molecule has 0 bridgehead atoms. The molecule has 0 aromatic carbocycles. The van der Waals surface area contributed by atoms with E-state index in [1.54, 1.807) is 0 Å². The number of rotatable bonds is 9. The molecule has 0 aromatic rings. The molecular weight excluding hydrogens is 212 g/mol. The predicted octanol–water partition coefficient (Wildman–Crippen LogP) is -1.79. The van der Waals surface area contributed by atoms with Gasteiger partial charge in [-0.25, -0.2) is 0 Å². The zero-order valence-corrected chi connectivity index (χ0v) is 9.26. The summed E-state index contributed by atoms with van der Waals surface area (Å²) in [6.45, 7) is 1.31. The number of ether oxygens (including phenoxy) is 1. The van der Waals surface area contributed by atoms with Gasteiger partial charge in [0.2, 0.25) is 5.91 Å². The molecule has 0 heterocycles. The summed E-state index contributed by atoms with van der Waals surface area (Å²) in [6.07, 6.45) is 0.608. The number of aliphatic hydroxyl groups is 2. The molecule has 2 unspecified atom stereocenters. The summed E-state index contributed by atoms with van der Waals surface area (Å²) in [5.74, 6) is -0.0937. The van der Waals surface area contributed by atoms with E-state index in [2.05, 4.69) is 5.32 Å². The molecule has 0 spiro atoms. The lowest BCUT2D eigenvalue weighted by atomic mass is 10.3. The molecule has 6 nitrogen and oxygen atoms in total. The van der Waals surface area contributed by atoms with Gasteiger partial charge < -0.3 is 26.0 Å². The maximum absolute atomic E-state index is 10.5. The lowest BCUT2D eigenvalue weighted by molar-refractivity contribution is -0.125. The van der Waals surface area contributed by atoms with E-state index in [0.717, 1.165) is 0 Å². The number of amides is 1. The highest BCUT2D eigenvalue weighted by molar-refractivity contribution is 5.78. The van der Waals surface area contributed by atoms with E-state index < -0.39 is 18.1 Å². The summed E-state index contributed by atoms with van der Waals surface area (Å²) in [5.41, 5.74) is 4.86. The van der Waals surface area contributed by atoms with Crippen molar-refractivity contribution in [2.24, 2.45) is 11.7 Å². The van der Waals surface area contributed by atoms with Gasteiger partial charge in [-0.15, -0.1) is 0 Å². The van der Waals surface area contributed by atoms with Gasteiger partial charge in [-0.2, -0.15) is 0 Å². The third-order valence-electron chi connectivity index (χ3n) is 2.41. The molecule has 94 valence electrons. The molecule has 6 heteroatoms. The van der Waals surface area contributed by atoms with Crippen LogP contribution in [-0.4, -0.2) is 54.6 Å². The topological polar surface area (TPSA) is 105 Å². The van der Waals surface area contributed by atoms with Crippen molar-refractivity contribution in [3.8, 4) is 0 Å². The Morgan fingerprint density at radius 3 is 2.69 bits per heavy atom. The fourth-order valence-electron chi connectivity index (χ4n) is 1.20. The second-order valence-corrected chi connectivity index (χ2v) is 4.21. The average Bonchev–Trinajstić information content (AvgIpc) is 3.01. The van der Waals surface area contributed by atoms with E-state index >= 15 is 0 Å². The Hall–Kier alpha value is -0.690. The highest BCUT2D eigenvalue weighted by Crippen LogP contribution is 2.28. The molecule has 5 N–H and O–H groups in total. The summed E-state index contributed by atoms with van der Waals surface area (Å²) >= 11 is 0. The zero-order chi connectivity index (χ0) is 12.0. The summed E-state index contributed by atoms with van der Waals surface area (Å²) in [5, 5.41) is 21.2. The van der Waals surface area contributed by atoms with Crippen molar-refractivity contribution < 1.29 is 19.7 Å². The third-order valence-corrected chi connectivity index (χ3v) is 2.41. The van der Waals surface area contributed by atoms with Crippen molar-refractivity contribution in [3.63, 3.8) is 0 Å². The number of nitrogens with one attached hydrogen (secondary N) is 1. The smallest absolute Gasteiger partial charge is 0.247 e. The first-order chi connectivity index (χ1) is 7.59. The first-order valence-corrected chi connectivity index (χ1v) is 5.53. The van der Waals surface area contributed by atoms with E-state index in [4.69, 9.17) is 15.6 Å². The maximum atomic E-state index is 10.5. The van der Waals surface area contributed by atoms with Crippen LogP contribution in [0.4, 0.5) is 0 Å². The molecule has 1 fully saturated rings. The average molecular weight is 232 g/mol. The summed E-state index contributed by atoms with van der Waals surface area (Å²) in [6, 6.07) is 0. The van der Waals surface area contributed by atoms with Crippen molar-refractivity contribution >= 4 is 5.91 Å². The van der Waals surface area contributed by atoms with Crippen LogP contribution < -0.4 is 11.1 Å². The van der Waals surface area contributed by atoms with Crippen molar-refractivity contribution in [2.75, 3.05) is 26.3 Å². The molecule has 1 amide bonds. The quantitative estimate of drug-likeness (QED) is 0.376. The fourth-order valence-corrected chi connectivity index (χ4v) is 1.20. The lowest BCUT2D eigenvalue weighted by Gasteiger charge is -2.13. The molecule has 1 rings (SSSR count). The summed E-state index contributed by atoms with van der Waals surface area (Å²) in [7, 11) is 0. The van der Waals surface area contributed by atoms with Crippen LogP contribution >= 0.6 is 0 Å². The van der Waals surface area contributed by atoms with Gasteiger partial charge in [-0.05, 0) is 18.8 Å². The number of carbonyl (C=O) groups is 1. The van der Waals surface area contributed by atoms with Crippen LogP contribution in [-0.2, 0) is 9.53 Å². The van der Waals surface area contributed by atoms with Gasteiger partial charge in [0.15, 0.2) is 0 Å². The van der Waals surface area contributed by atoms with Crippen LogP contribution in [0.1, 0.15) is 12.8 Å². The number of carbonyl (C=O) groups excluding carboxylic acids is 1. The minimum Gasteiger partial charge on any atom is -0.389 e. The van der Waals surface area contributed by atoms with Crippen LogP contribution in [0.2, 0.25) is 0 Å². The van der Waals surface area contributed by atoms with Crippen LogP contribution in [0.5, 0.6) is 0 Å². The first kappa shape index (κ1) is 13.4. The molecular formula is C10H20N2O4. The van der Waals surface area contributed by atoms with Gasteiger partial charge in [0.25, 0.3) is 0 Å². The van der Waals surface area contributed by atoms with E-state index in [-0.39, 0.29) is 19.7 Å². The second-order valence-electron chi connectivity index (χ2n) is 4.21. The minimum atomic E-state index is -1.21. The van der Waals surface area contributed by atoms with Crippen molar-refractivity contribution in [3.05, 3.63) is 0 Å². The van der Waals surface area contributed by atoms with Crippen LogP contribution in [0.25, 0.3) is 0 Å². The van der Waals surface area contributed by atoms with E-state index in [9.17, 15) is 9.90 Å². The van der Waals surface area contributed by atoms with Gasteiger partial charge in [0.05, 0.1) is 12.7 Å². The summed E-state index contributed by atoms with van der Waals surface area (Å²) in [4.78, 5) is 10.5. The van der Waals surface area contributed by atoms with E-state index in [0.29, 0.717) is 12.5 Å². The predicted molar refractivity (Wildman–Crippen MR) is 57.6 cm³/mol. The molecule has 1 aliphatic rings. The van der Waals surface area contributed by atoms with Crippen LogP contribution in [0, 0.1) is 5.92 Å². The van der Waals surface area contributed by atoms with Gasteiger partial charge in [-0.3, -0.25) is 4.79 Å². The highest BCUT2D eigenvalue weighted by atomic mass is 16.5. The van der Waals surface area contributed by atoms with Gasteiger partial charge in [0.1, 0.15) is 6.10 Å². The Kier molecular flexibility index (Phi) is 5.68. The number of nitrogens with two attached hydrogens (primary N) is 1. The van der Waals surface area contributed by atoms with Crippen molar-refractivity contribution in [2.45, 2.75) is 25.0 Å². The van der Waals surface area contributed by atoms with E-state index in [1.807, 2.05) is 0 Å². The highest BCUT2D eigenvalue weighted by Gasteiger charge is 2.21. The first-order valence-electron chi connectivity index (χ1n) is 5.53. The van der Waals surface area contributed by atoms with E-state index in [1.165, 1.54) is 12.8 Å². The Labute approximate surface area is 94.8 Å². The Balaban J connectivity index is 1.92. The third kappa shape index (κ3) is 6.02. The molecule has 2 atom stereocenters. The molecule has 16 heavy (non-hydrogen) atoms. The van der Waals surface area contributed by atoms with Crippen LogP contribution in [0.15, 0.2) is 0 Å². The van der Waals surface area contributed by atoms with Gasteiger partial charge in [-0.1, -0.05) is 0 Å². The SMILES string of the molecule is NC(=O)C(O)CNCC(O)COCC1CC1. The van der Waals surface area contributed by atoms with Gasteiger partial charge in [0, 0.05) is 19.7 Å². The standard InChI is InChI=1S/C10H20N2O4/c11-10(15)9(14)4-12-3-8(13)6-16-5-7-1-2-7/h7-9,12-14H,1-6H2,(H2,11,15). The largest absolute Gasteiger partial charge is 0.389 e. The van der Waals surface area contributed by atoms with Crippen LogP contribution in [0.3, 0.4) is 0 Å². The maximum Gasteiger partial charge on any atom is 0.247 e. The number of hydrogen-bond acceptors (Lipinski definition) is 5.